The van der Waals surface area contributed by atoms with Gasteiger partial charge in [0.25, 0.3) is 0 Å². The van der Waals surface area contributed by atoms with E-state index in [0.29, 0.717) is 24.8 Å². The van der Waals surface area contributed by atoms with Crippen molar-refractivity contribution in [3.8, 4) is 0 Å². The molecular formula is C14H22N2O2. The van der Waals surface area contributed by atoms with E-state index in [9.17, 15) is 4.79 Å². The van der Waals surface area contributed by atoms with Crippen molar-refractivity contribution in [3.63, 3.8) is 0 Å². The Bertz CT molecular complexity index is 403. The van der Waals surface area contributed by atoms with Crippen LogP contribution in [0.2, 0.25) is 0 Å². The monoisotopic (exact) mass is 250 g/mol. The Hall–Kier alpha value is -1.39. The second-order valence-electron chi connectivity index (χ2n) is 4.67. The lowest BCUT2D eigenvalue weighted by atomic mass is 10.1. The molecule has 0 aliphatic heterocycles. The van der Waals surface area contributed by atoms with Gasteiger partial charge >= 0.3 is 0 Å². The molecule has 0 aliphatic rings. The van der Waals surface area contributed by atoms with Crippen molar-refractivity contribution < 1.29 is 9.53 Å². The second-order valence-corrected chi connectivity index (χ2v) is 4.67. The lowest BCUT2D eigenvalue weighted by Crippen LogP contribution is -2.26. The van der Waals surface area contributed by atoms with E-state index >= 15 is 0 Å². The van der Waals surface area contributed by atoms with Gasteiger partial charge in [-0.05, 0) is 30.2 Å². The van der Waals surface area contributed by atoms with Gasteiger partial charge in [-0.3, -0.25) is 4.79 Å². The topological polar surface area (TPSA) is 64.4 Å². The van der Waals surface area contributed by atoms with Crippen LogP contribution >= 0.6 is 0 Å². The minimum atomic E-state index is -0.397. The fraction of sp³-hybridized carbons (Fsp3) is 0.500. The molecule has 1 aromatic rings. The SMILES string of the molecule is Cc1cc(C(N)=O)ccc1COCCNC(C)C. The molecule has 0 heterocycles. The van der Waals surface area contributed by atoms with Gasteiger partial charge in [0, 0.05) is 18.2 Å². The lowest BCUT2D eigenvalue weighted by molar-refractivity contribution is 0.0999. The fourth-order valence-electron chi connectivity index (χ4n) is 1.61. The van der Waals surface area contributed by atoms with E-state index in [4.69, 9.17) is 10.5 Å². The zero-order chi connectivity index (χ0) is 13.5. The maximum atomic E-state index is 11.0. The zero-order valence-electron chi connectivity index (χ0n) is 11.3. The van der Waals surface area contributed by atoms with E-state index in [1.54, 1.807) is 12.1 Å². The normalized spacial score (nSPS) is 10.9. The molecule has 0 aliphatic carbocycles. The molecule has 3 N–H and O–H groups in total. The standard InChI is InChI=1S/C14H22N2O2/c1-10(2)16-6-7-18-9-13-5-4-12(14(15)17)8-11(13)3/h4-5,8,10,16H,6-7,9H2,1-3H3,(H2,15,17). The maximum absolute atomic E-state index is 11.0. The number of primary amides is 1. The number of hydrogen-bond donors (Lipinski definition) is 2. The molecule has 0 radical (unpaired) electrons. The van der Waals surface area contributed by atoms with Gasteiger partial charge in [-0.1, -0.05) is 19.9 Å². The second kappa shape index (κ2) is 7.13. The minimum absolute atomic E-state index is 0.397. The minimum Gasteiger partial charge on any atom is -0.375 e. The molecule has 4 heteroatoms. The van der Waals surface area contributed by atoms with Gasteiger partial charge in [0.05, 0.1) is 13.2 Å². The van der Waals surface area contributed by atoms with Gasteiger partial charge in [0.1, 0.15) is 0 Å². The molecule has 1 rings (SSSR count). The Morgan fingerprint density at radius 1 is 1.44 bits per heavy atom. The Morgan fingerprint density at radius 2 is 2.17 bits per heavy atom. The van der Waals surface area contributed by atoms with Gasteiger partial charge in [-0.25, -0.2) is 0 Å². The van der Waals surface area contributed by atoms with Crippen molar-refractivity contribution in [2.45, 2.75) is 33.4 Å². The highest BCUT2D eigenvalue weighted by Crippen LogP contribution is 2.11. The number of amides is 1. The largest absolute Gasteiger partial charge is 0.375 e. The molecule has 0 spiro atoms. The van der Waals surface area contributed by atoms with Crippen LogP contribution in [0.25, 0.3) is 0 Å². The number of nitrogens with one attached hydrogen (secondary N) is 1. The fourth-order valence-corrected chi connectivity index (χ4v) is 1.61. The number of carbonyl (C=O) groups is 1. The molecule has 0 saturated carbocycles. The van der Waals surface area contributed by atoms with E-state index < -0.39 is 5.91 Å². The molecule has 18 heavy (non-hydrogen) atoms. The number of hydrogen-bond acceptors (Lipinski definition) is 3. The van der Waals surface area contributed by atoms with E-state index in [2.05, 4.69) is 19.2 Å². The predicted octanol–water partition coefficient (Wildman–Crippen LogP) is 1.61. The highest BCUT2D eigenvalue weighted by Gasteiger charge is 2.04. The first kappa shape index (κ1) is 14.7. The van der Waals surface area contributed by atoms with Crippen LogP contribution in [0.3, 0.4) is 0 Å². The van der Waals surface area contributed by atoms with Crippen LogP contribution in [0.1, 0.15) is 35.3 Å². The van der Waals surface area contributed by atoms with Crippen LogP contribution < -0.4 is 11.1 Å². The van der Waals surface area contributed by atoms with E-state index in [1.165, 1.54) is 0 Å². The van der Waals surface area contributed by atoms with Gasteiger partial charge in [-0.15, -0.1) is 0 Å². The Labute approximate surface area is 109 Å². The van der Waals surface area contributed by atoms with E-state index in [1.807, 2.05) is 13.0 Å². The molecule has 0 bridgehead atoms. The average molecular weight is 250 g/mol. The predicted molar refractivity (Wildman–Crippen MR) is 72.5 cm³/mol. The summed E-state index contributed by atoms with van der Waals surface area (Å²) in [6.07, 6.45) is 0. The average Bonchev–Trinajstić information content (AvgIpc) is 2.29. The molecule has 0 atom stereocenters. The number of nitrogens with two attached hydrogens (primary N) is 1. The first-order valence-electron chi connectivity index (χ1n) is 6.21. The van der Waals surface area contributed by atoms with Crippen LogP contribution in [0, 0.1) is 6.92 Å². The summed E-state index contributed by atoms with van der Waals surface area (Å²) in [7, 11) is 0. The summed E-state index contributed by atoms with van der Waals surface area (Å²) in [4.78, 5) is 11.0. The van der Waals surface area contributed by atoms with Crippen LogP contribution in [0.4, 0.5) is 0 Å². The number of benzene rings is 1. The summed E-state index contributed by atoms with van der Waals surface area (Å²) in [5, 5.41) is 3.28. The van der Waals surface area contributed by atoms with Crippen LogP contribution in [0.15, 0.2) is 18.2 Å². The molecule has 1 amide bonds. The number of rotatable bonds is 7. The van der Waals surface area contributed by atoms with Gasteiger partial charge in [0.2, 0.25) is 5.91 Å². The van der Waals surface area contributed by atoms with Crippen LogP contribution in [-0.4, -0.2) is 25.1 Å². The smallest absolute Gasteiger partial charge is 0.248 e. The third kappa shape index (κ3) is 4.85. The number of carbonyl (C=O) groups excluding carboxylic acids is 1. The molecule has 4 nitrogen and oxygen atoms in total. The van der Waals surface area contributed by atoms with Gasteiger partial charge < -0.3 is 15.8 Å². The molecule has 100 valence electrons. The summed E-state index contributed by atoms with van der Waals surface area (Å²) in [5.41, 5.74) is 7.88. The van der Waals surface area contributed by atoms with Gasteiger partial charge in [-0.2, -0.15) is 0 Å². The first-order valence-corrected chi connectivity index (χ1v) is 6.21. The molecule has 1 aromatic carbocycles. The van der Waals surface area contributed by atoms with Crippen molar-refractivity contribution >= 4 is 5.91 Å². The highest BCUT2D eigenvalue weighted by atomic mass is 16.5. The summed E-state index contributed by atoms with van der Waals surface area (Å²) in [6.45, 7) is 8.24. The van der Waals surface area contributed by atoms with Crippen LogP contribution in [-0.2, 0) is 11.3 Å². The Balaban J connectivity index is 2.41. The van der Waals surface area contributed by atoms with Crippen LogP contribution in [0.5, 0.6) is 0 Å². The number of aryl methyl sites for hydroxylation is 1. The highest BCUT2D eigenvalue weighted by molar-refractivity contribution is 5.93. The van der Waals surface area contributed by atoms with Crippen molar-refractivity contribution in [2.75, 3.05) is 13.2 Å². The summed E-state index contributed by atoms with van der Waals surface area (Å²) < 4.78 is 5.57. The number of ether oxygens (including phenoxy) is 1. The zero-order valence-corrected chi connectivity index (χ0v) is 11.3. The lowest BCUT2D eigenvalue weighted by Gasteiger charge is -2.10. The van der Waals surface area contributed by atoms with Crippen molar-refractivity contribution in [2.24, 2.45) is 5.73 Å². The summed E-state index contributed by atoms with van der Waals surface area (Å²) in [5.74, 6) is -0.397. The van der Waals surface area contributed by atoms with Gasteiger partial charge in [0.15, 0.2) is 0 Å². The third-order valence-corrected chi connectivity index (χ3v) is 2.68. The molecule has 0 fully saturated rings. The van der Waals surface area contributed by atoms with E-state index in [0.717, 1.165) is 17.7 Å². The maximum Gasteiger partial charge on any atom is 0.248 e. The summed E-state index contributed by atoms with van der Waals surface area (Å²) in [6, 6.07) is 5.91. The molecular weight excluding hydrogens is 228 g/mol. The molecule has 0 unspecified atom stereocenters. The molecule has 0 saturated heterocycles. The first-order chi connectivity index (χ1) is 8.50. The van der Waals surface area contributed by atoms with Crippen molar-refractivity contribution in [1.29, 1.82) is 0 Å². The van der Waals surface area contributed by atoms with Crippen molar-refractivity contribution in [3.05, 3.63) is 34.9 Å². The Kier molecular flexibility index (Phi) is 5.82. The molecule has 0 aromatic heterocycles. The van der Waals surface area contributed by atoms with Crippen molar-refractivity contribution in [1.82, 2.24) is 5.32 Å². The quantitative estimate of drug-likeness (QED) is 0.723. The van der Waals surface area contributed by atoms with E-state index in [-0.39, 0.29) is 0 Å². The summed E-state index contributed by atoms with van der Waals surface area (Å²) >= 11 is 0. The Morgan fingerprint density at radius 3 is 2.72 bits per heavy atom. The third-order valence-electron chi connectivity index (χ3n) is 2.68.